The number of thiazole rings is 1. The van der Waals surface area contributed by atoms with Crippen LogP contribution in [0.25, 0.3) is 5.82 Å². The van der Waals surface area contributed by atoms with Crippen molar-refractivity contribution in [3.63, 3.8) is 0 Å². The monoisotopic (exact) mass is 271 g/mol. The maximum atomic E-state index is 4.36. The number of anilines is 1. The van der Waals surface area contributed by atoms with Gasteiger partial charge in [0.1, 0.15) is 0 Å². The van der Waals surface area contributed by atoms with Crippen molar-refractivity contribution in [3.8, 4) is 5.82 Å². The van der Waals surface area contributed by atoms with Crippen molar-refractivity contribution < 1.29 is 0 Å². The highest BCUT2D eigenvalue weighted by atomic mass is 32.1. The summed E-state index contributed by atoms with van der Waals surface area (Å²) >= 11 is 1.69. The second-order valence-electron chi connectivity index (χ2n) is 4.02. The zero-order valence-corrected chi connectivity index (χ0v) is 11.3. The molecule has 3 heterocycles. The minimum atomic E-state index is 0.742. The molecule has 6 heteroatoms. The van der Waals surface area contributed by atoms with E-state index in [1.807, 2.05) is 37.5 Å². The molecular formula is C13H13N5S. The van der Waals surface area contributed by atoms with E-state index in [9.17, 15) is 0 Å². The Balaban J connectivity index is 1.81. The Morgan fingerprint density at radius 3 is 2.95 bits per heavy atom. The third-order valence-corrected chi connectivity index (χ3v) is 3.54. The van der Waals surface area contributed by atoms with Crippen LogP contribution in [-0.2, 0) is 6.54 Å². The number of aromatic nitrogens is 4. The Labute approximate surface area is 115 Å². The van der Waals surface area contributed by atoms with Gasteiger partial charge in [0, 0.05) is 29.7 Å². The summed E-state index contributed by atoms with van der Waals surface area (Å²) in [5.41, 5.74) is 0.956. The highest BCUT2D eigenvalue weighted by Gasteiger charge is 2.06. The number of hydrogen-bond donors (Lipinski definition) is 1. The summed E-state index contributed by atoms with van der Waals surface area (Å²) in [5.74, 6) is 0.800. The van der Waals surface area contributed by atoms with Crippen molar-refractivity contribution in [2.45, 2.75) is 13.5 Å². The fourth-order valence-electron chi connectivity index (χ4n) is 1.78. The molecule has 1 N–H and O–H groups in total. The average Bonchev–Trinajstić information content (AvgIpc) is 3.08. The van der Waals surface area contributed by atoms with Crippen molar-refractivity contribution in [2.24, 2.45) is 0 Å². The quantitative estimate of drug-likeness (QED) is 0.792. The van der Waals surface area contributed by atoms with Crippen LogP contribution in [0.4, 0.5) is 5.69 Å². The zero-order chi connectivity index (χ0) is 13.1. The molecule has 0 atom stereocenters. The molecule has 5 nitrogen and oxygen atoms in total. The van der Waals surface area contributed by atoms with E-state index in [0.29, 0.717) is 0 Å². The molecule has 0 saturated heterocycles. The summed E-state index contributed by atoms with van der Waals surface area (Å²) in [6.45, 7) is 2.75. The summed E-state index contributed by atoms with van der Waals surface area (Å²) < 4.78 is 1.75. The molecule has 0 spiro atoms. The van der Waals surface area contributed by atoms with E-state index >= 15 is 0 Å². The fourth-order valence-corrected chi connectivity index (χ4v) is 2.52. The first-order valence-corrected chi connectivity index (χ1v) is 6.75. The first-order valence-electron chi connectivity index (χ1n) is 5.93. The first kappa shape index (κ1) is 11.9. The van der Waals surface area contributed by atoms with Crippen LogP contribution < -0.4 is 5.32 Å². The molecule has 3 aromatic rings. The highest BCUT2D eigenvalue weighted by Crippen LogP contribution is 2.19. The standard InChI is InChI=1S/C13H13N5S/c1-10-15-8-11(19-10)9-16-12-4-2-5-14-13(12)18-7-3-6-17-18/h2-8,16H,9H2,1H3. The topological polar surface area (TPSA) is 55.6 Å². The summed E-state index contributed by atoms with van der Waals surface area (Å²) in [5, 5.41) is 8.67. The normalized spacial score (nSPS) is 10.6. The van der Waals surface area contributed by atoms with E-state index in [4.69, 9.17) is 0 Å². The third kappa shape index (κ3) is 2.63. The second-order valence-corrected chi connectivity index (χ2v) is 5.34. The number of aryl methyl sites for hydroxylation is 1. The summed E-state index contributed by atoms with van der Waals surface area (Å²) in [6.07, 6.45) is 7.28. The van der Waals surface area contributed by atoms with Gasteiger partial charge in [0.15, 0.2) is 5.82 Å². The number of nitrogens with one attached hydrogen (secondary N) is 1. The average molecular weight is 271 g/mol. The molecule has 3 rings (SSSR count). The van der Waals surface area contributed by atoms with Gasteiger partial charge in [-0.1, -0.05) is 0 Å². The van der Waals surface area contributed by atoms with Crippen LogP contribution in [-0.4, -0.2) is 19.7 Å². The van der Waals surface area contributed by atoms with Crippen molar-refractivity contribution in [1.29, 1.82) is 0 Å². The van der Waals surface area contributed by atoms with Gasteiger partial charge < -0.3 is 5.32 Å². The lowest BCUT2D eigenvalue weighted by Crippen LogP contribution is -2.05. The predicted molar refractivity (Wildman–Crippen MR) is 75.5 cm³/mol. The Morgan fingerprint density at radius 1 is 1.26 bits per heavy atom. The Kier molecular flexibility index (Phi) is 3.24. The Bertz CT molecular complexity index is 659. The van der Waals surface area contributed by atoms with Gasteiger partial charge in [-0.2, -0.15) is 5.10 Å². The van der Waals surface area contributed by atoms with Crippen LogP contribution in [0.1, 0.15) is 9.88 Å². The largest absolute Gasteiger partial charge is 0.377 e. The number of hydrogen-bond acceptors (Lipinski definition) is 5. The van der Waals surface area contributed by atoms with Crippen LogP contribution in [0.15, 0.2) is 43.0 Å². The minimum Gasteiger partial charge on any atom is -0.377 e. The number of rotatable bonds is 4. The summed E-state index contributed by atoms with van der Waals surface area (Å²) in [7, 11) is 0. The van der Waals surface area contributed by atoms with Crippen LogP contribution in [0, 0.1) is 6.92 Å². The smallest absolute Gasteiger partial charge is 0.176 e. The minimum absolute atomic E-state index is 0.742. The van der Waals surface area contributed by atoms with Crippen LogP contribution >= 0.6 is 11.3 Å². The van der Waals surface area contributed by atoms with Crippen molar-refractivity contribution in [1.82, 2.24) is 19.7 Å². The second kappa shape index (κ2) is 5.19. The Hall–Kier alpha value is -2.21. The van der Waals surface area contributed by atoms with Gasteiger partial charge in [0.25, 0.3) is 0 Å². The SMILES string of the molecule is Cc1ncc(CNc2cccnc2-n2cccn2)s1. The van der Waals surface area contributed by atoms with Gasteiger partial charge >= 0.3 is 0 Å². The molecule has 0 aliphatic carbocycles. The lowest BCUT2D eigenvalue weighted by Gasteiger charge is -2.09. The van der Waals surface area contributed by atoms with E-state index in [0.717, 1.165) is 23.1 Å². The molecule has 0 unspecified atom stereocenters. The molecule has 0 amide bonds. The molecule has 3 aromatic heterocycles. The third-order valence-electron chi connectivity index (χ3n) is 2.63. The van der Waals surface area contributed by atoms with Gasteiger partial charge in [-0.15, -0.1) is 11.3 Å². The lowest BCUT2D eigenvalue weighted by molar-refractivity contribution is 0.846. The van der Waals surface area contributed by atoms with E-state index in [1.165, 1.54) is 4.88 Å². The summed E-state index contributed by atoms with van der Waals surface area (Å²) in [6, 6.07) is 5.79. The van der Waals surface area contributed by atoms with Crippen LogP contribution in [0.2, 0.25) is 0 Å². The molecule has 0 aliphatic rings. The molecule has 19 heavy (non-hydrogen) atoms. The molecule has 0 saturated carbocycles. The van der Waals surface area contributed by atoms with E-state index in [2.05, 4.69) is 20.4 Å². The van der Waals surface area contributed by atoms with Crippen LogP contribution in [0.5, 0.6) is 0 Å². The van der Waals surface area contributed by atoms with E-state index < -0.39 is 0 Å². The fraction of sp³-hybridized carbons (Fsp3) is 0.154. The van der Waals surface area contributed by atoms with Gasteiger partial charge in [-0.25, -0.2) is 14.6 Å². The Morgan fingerprint density at radius 2 is 2.21 bits per heavy atom. The van der Waals surface area contributed by atoms with Gasteiger partial charge in [-0.05, 0) is 25.1 Å². The number of pyridine rings is 1. The van der Waals surface area contributed by atoms with Gasteiger partial charge in [-0.3, -0.25) is 0 Å². The van der Waals surface area contributed by atoms with Crippen LogP contribution in [0.3, 0.4) is 0 Å². The molecule has 0 fully saturated rings. The van der Waals surface area contributed by atoms with Gasteiger partial charge in [0.05, 0.1) is 17.2 Å². The molecule has 0 aromatic carbocycles. The van der Waals surface area contributed by atoms with Crippen molar-refractivity contribution in [3.05, 3.63) is 52.9 Å². The molecule has 0 radical (unpaired) electrons. The molecule has 96 valence electrons. The summed E-state index contributed by atoms with van der Waals surface area (Å²) in [4.78, 5) is 9.81. The molecular weight excluding hydrogens is 258 g/mol. The highest BCUT2D eigenvalue weighted by molar-refractivity contribution is 7.11. The zero-order valence-electron chi connectivity index (χ0n) is 10.4. The number of nitrogens with zero attached hydrogens (tertiary/aromatic N) is 4. The van der Waals surface area contributed by atoms with Crippen molar-refractivity contribution in [2.75, 3.05) is 5.32 Å². The molecule has 0 bridgehead atoms. The maximum Gasteiger partial charge on any atom is 0.176 e. The van der Waals surface area contributed by atoms with E-state index in [-0.39, 0.29) is 0 Å². The lowest BCUT2D eigenvalue weighted by atomic mass is 10.3. The van der Waals surface area contributed by atoms with Crippen molar-refractivity contribution >= 4 is 17.0 Å². The molecule has 0 aliphatic heterocycles. The van der Waals surface area contributed by atoms with Gasteiger partial charge in [0.2, 0.25) is 0 Å². The maximum absolute atomic E-state index is 4.36. The van der Waals surface area contributed by atoms with E-state index in [1.54, 1.807) is 28.4 Å². The first-order chi connectivity index (χ1) is 9.33. The predicted octanol–water partition coefficient (Wildman–Crippen LogP) is 2.64.